The van der Waals surface area contributed by atoms with Crippen LogP contribution in [0.25, 0.3) is 0 Å². The van der Waals surface area contributed by atoms with E-state index in [-0.39, 0.29) is 23.9 Å². The summed E-state index contributed by atoms with van der Waals surface area (Å²) in [6.07, 6.45) is 5.55. The van der Waals surface area contributed by atoms with Crippen molar-refractivity contribution < 1.29 is 19.4 Å². The Labute approximate surface area is 262 Å². The molecule has 44 heavy (non-hydrogen) atoms. The Hall–Kier alpha value is -3.68. The zero-order chi connectivity index (χ0) is 31.3. The van der Waals surface area contributed by atoms with E-state index in [1.54, 1.807) is 11.8 Å². The molecular formula is C37H47N3O4. The van der Waals surface area contributed by atoms with E-state index in [1.807, 2.05) is 60.4 Å². The highest BCUT2D eigenvalue weighted by Crippen LogP contribution is 2.40. The average Bonchev–Trinajstić information content (AvgIpc) is 3.02. The van der Waals surface area contributed by atoms with Crippen molar-refractivity contribution >= 4 is 17.5 Å². The van der Waals surface area contributed by atoms with Crippen molar-refractivity contribution in [3.8, 4) is 5.75 Å². The summed E-state index contributed by atoms with van der Waals surface area (Å²) in [5.41, 5.74) is 2.97. The number of aryl methyl sites for hydroxylation is 1. The maximum Gasteiger partial charge on any atom is 0.273 e. The molecule has 234 valence electrons. The molecule has 0 spiro atoms. The number of aliphatic hydroxyl groups is 1. The van der Waals surface area contributed by atoms with Crippen LogP contribution in [-0.2, 0) is 17.9 Å². The monoisotopic (exact) mass is 597 g/mol. The van der Waals surface area contributed by atoms with Crippen LogP contribution in [0.1, 0.15) is 79.9 Å². The molecule has 1 aliphatic heterocycles. The highest BCUT2D eigenvalue weighted by Gasteiger charge is 2.45. The van der Waals surface area contributed by atoms with Crippen molar-refractivity contribution in [1.29, 1.82) is 0 Å². The second-order valence-electron chi connectivity index (χ2n) is 12.9. The summed E-state index contributed by atoms with van der Waals surface area (Å²) in [6, 6.07) is 24.6. The van der Waals surface area contributed by atoms with Crippen molar-refractivity contribution in [3.63, 3.8) is 0 Å². The topological polar surface area (TPSA) is 73.3 Å². The number of aliphatic hydroxyl groups excluding tert-OH is 1. The molecule has 0 aromatic heterocycles. The van der Waals surface area contributed by atoms with E-state index in [1.165, 1.54) is 17.5 Å². The van der Waals surface area contributed by atoms with Crippen LogP contribution in [0.4, 0.5) is 5.69 Å². The fourth-order valence-electron chi connectivity index (χ4n) is 6.66. The first-order valence-corrected chi connectivity index (χ1v) is 16.1. The molecule has 7 nitrogen and oxygen atoms in total. The zero-order valence-corrected chi connectivity index (χ0v) is 26.7. The van der Waals surface area contributed by atoms with Crippen LogP contribution in [0, 0.1) is 6.92 Å². The SMILES string of the molecule is Cc1cc2c(cc1C(=O)N(C(C)C)C1CCCCC1)N(CCN(Cc1ccccc1)Cc1ccccc1)C(=O)C(C)(CO)O2. The van der Waals surface area contributed by atoms with E-state index in [9.17, 15) is 14.7 Å². The molecule has 1 atom stereocenters. The summed E-state index contributed by atoms with van der Waals surface area (Å²) in [4.78, 5) is 34.2. The maximum absolute atomic E-state index is 14.2. The predicted octanol–water partition coefficient (Wildman–Crippen LogP) is 6.36. The van der Waals surface area contributed by atoms with Gasteiger partial charge in [0.15, 0.2) is 0 Å². The molecule has 2 amide bonds. The largest absolute Gasteiger partial charge is 0.473 e. The lowest BCUT2D eigenvalue weighted by molar-refractivity contribution is -0.137. The number of rotatable bonds is 11. The number of fused-ring (bicyclic) bond motifs is 1. The standard InChI is InChI=1S/C37H47N3O4/c1-27(2)40(31-18-12-7-13-19-31)35(42)32-23-33-34(22-28(32)3)44-37(4,26-41)36(43)39(33)21-20-38(24-29-14-8-5-9-15-29)25-30-16-10-6-11-17-30/h5-6,8-11,14-17,22-23,27,31,41H,7,12-13,18-21,24-26H2,1-4H3. The van der Waals surface area contributed by atoms with Crippen molar-refractivity contribution in [2.45, 2.75) is 90.6 Å². The lowest BCUT2D eigenvalue weighted by atomic mass is 9.92. The minimum atomic E-state index is -1.40. The van der Waals surface area contributed by atoms with Gasteiger partial charge in [0.25, 0.3) is 11.8 Å². The van der Waals surface area contributed by atoms with Gasteiger partial charge in [0, 0.05) is 43.8 Å². The maximum atomic E-state index is 14.2. The molecule has 1 aliphatic carbocycles. The van der Waals surface area contributed by atoms with Gasteiger partial charge in [-0.05, 0) is 69.4 Å². The van der Waals surface area contributed by atoms with Gasteiger partial charge < -0.3 is 19.6 Å². The molecule has 0 saturated heterocycles. The molecule has 7 heteroatoms. The third kappa shape index (κ3) is 7.00. The van der Waals surface area contributed by atoms with Gasteiger partial charge in [-0.3, -0.25) is 14.5 Å². The van der Waals surface area contributed by atoms with Crippen LogP contribution < -0.4 is 9.64 Å². The van der Waals surface area contributed by atoms with Gasteiger partial charge in [-0.25, -0.2) is 0 Å². The lowest BCUT2D eigenvalue weighted by Gasteiger charge is -2.41. The molecule has 1 N–H and O–H groups in total. The highest BCUT2D eigenvalue weighted by atomic mass is 16.5. The Morgan fingerprint density at radius 1 is 0.977 bits per heavy atom. The summed E-state index contributed by atoms with van der Waals surface area (Å²) in [6.45, 7) is 9.71. The fraction of sp³-hybridized carbons (Fsp3) is 0.459. The molecule has 1 unspecified atom stereocenters. The van der Waals surface area contributed by atoms with E-state index in [2.05, 4.69) is 43.0 Å². The third-order valence-corrected chi connectivity index (χ3v) is 9.06. The second-order valence-corrected chi connectivity index (χ2v) is 12.9. The number of hydrogen-bond donors (Lipinski definition) is 1. The van der Waals surface area contributed by atoms with Crippen molar-refractivity contribution in [1.82, 2.24) is 9.80 Å². The van der Waals surface area contributed by atoms with Crippen molar-refractivity contribution in [2.75, 3.05) is 24.6 Å². The van der Waals surface area contributed by atoms with E-state index in [4.69, 9.17) is 4.74 Å². The molecule has 1 heterocycles. The quantitative estimate of drug-likeness (QED) is 0.279. The van der Waals surface area contributed by atoms with Gasteiger partial charge >= 0.3 is 0 Å². The third-order valence-electron chi connectivity index (χ3n) is 9.06. The Balaban J connectivity index is 1.46. The molecule has 3 aromatic rings. The molecule has 0 bridgehead atoms. The number of nitrogens with zero attached hydrogens (tertiary/aromatic N) is 3. The van der Waals surface area contributed by atoms with Crippen molar-refractivity contribution in [3.05, 3.63) is 95.1 Å². The first-order chi connectivity index (χ1) is 21.2. The number of anilines is 1. The molecule has 5 rings (SSSR count). The predicted molar refractivity (Wildman–Crippen MR) is 175 cm³/mol. The van der Waals surface area contributed by atoms with E-state index < -0.39 is 12.2 Å². The summed E-state index contributed by atoms with van der Waals surface area (Å²) in [5, 5.41) is 10.3. The van der Waals surface area contributed by atoms with E-state index >= 15 is 0 Å². The molecule has 3 aromatic carbocycles. The average molecular weight is 598 g/mol. The fourth-order valence-corrected chi connectivity index (χ4v) is 6.66. The van der Waals surface area contributed by atoms with Crippen LogP contribution in [0.5, 0.6) is 5.75 Å². The van der Waals surface area contributed by atoms with Crippen LogP contribution in [0.15, 0.2) is 72.8 Å². The zero-order valence-electron chi connectivity index (χ0n) is 26.7. The molecule has 2 aliphatic rings. The smallest absolute Gasteiger partial charge is 0.273 e. The molecule has 0 radical (unpaired) electrons. The minimum Gasteiger partial charge on any atom is -0.473 e. The molecule has 1 saturated carbocycles. The summed E-state index contributed by atoms with van der Waals surface area (Å²) in [7, 11) is 0. The number of carbonyl (C=O) groups excluding carboxylic acids is 2. The van der Waals surface area contributed by atoms with Crippen LogP contribution in [0.3, 0.4) is 0 Å². The van der Waals surface area contributed by atoms with Gasteiger partial charge in [-0.2, -0.15) is 0 Å². The first kappa shape index (κ1) is 31.7. The normalized spacial score (nSPS) is 18.8. The Bertz CT molecular complexity index is 1380. The number of ether oxygens (including phenoxy) is 1. The highest BCUT2D eigenvalue weighted by molar-refractivity contribution is 6.05. The van der Waals surface area contributed by atoms with Gasteiger partial charge in [-0.1, -0.05) is 79.9 Å². The number of amides is 2. The lowest BCUT2D eigenvalue weighted by Crippen LogP contribution is -2.57. The van der Waals surface area contributed by atoms with Crippen LogP contribution in [0.2, 0.25) is 0 Å². The van der Waals surface area contributed by atoms with Crippen LogP contribution in [-0.4, -0.2) is 64.1 Å². The van der Waals surface area contributed by atoms with Gasteiger partial charge in [0.2, 0.25) is 5.60 Å². The number of benzene rings is 3. The minimum absolute atomic E-state index is 0.00451. The van der Waals surface area contributed by atoms with E-state index in [0.29, 0.717) is 30.1 Å². The molecular weight excluding hydrogens is 550 g/mol. The second kappa shape index (κ2) is 14.0. The van der Waals surface area contributed by atoms with Gasteiger partial charge in [0.1, 0.15) is 5.75 Å². The van der Waals surface area contributed by atoms with Crippen molar-refractivity contribution in [2.24, 2.45) is 0 Å². The first-order valence-electron chi connectivity index (χ1n) is 16.1. The Kier molecular flexibility index (Phi) is 10.1. The van der Waals surface area contributed by atoms with Crippen LogP contribution >= 0.6 is 0 Å². The van der Waals surface area contributed by atoms with E-state index in [0.717, 1.165) is 44.3 Å². The summed E-state index contributed by atoms with van der Waals surface area (Å²) < 4.78 is 6.17. The van der Waals surface area contributed by atoms with Gasteiger partial charge in [-0.15, -0.1) is 0 Å². The summed E-state index contributed by atoms with van der Waals surface area (Å²) >= 11 is 0. The molecule has 1 fully saturated rings. The summed E-state index contributed by atoms with van der Waals surface area (Å²) in [5.74, 6) is 0.216. The van der Waals surface area contributed by atoms with Gasteiger partial charge in [0.05, 0.1) is 12.3 Å². The Morgan fingerprint density at radius 2 is 1.57 bits per heavy atom. The Morgan fingerprint density at radius 3 is 2.11 bits per heavy atom. The number of carbonyl (C=O) groups is 2. The number of hydrogen-bond acceptors (Lipinski definition) is 5.